The van der Waals surface area contributed by atoms with E-state index in [-0.39, 0.29) is 17.0 Å². The summed E-state index contributed by atoms with van der Waals surface area (Å²) in [4.78, 5) is 26.1. The molecule has 0 saturated heterocycles. The lowest BCUT2D eigenvalue weighted by Gasteiger charge is -2.13. The number of carbonyl (C=O) groups is 2. The van der Waals surface area contributed by atoms with Gasteiger partial charge in [-0.1, -0.05) is 17.7 Å². The van der Waals surface area contributed by atoms with Gasteiger partial charge in [0.2, 0.25) is 0 Å². The van der Waals surface area contributed by atoms with Gasteiger partial charge in [0.25, 0.3) is 5.91 Å². The predicted octanol–water partition coefficient (Wildman–Crippen LogP) is 4.24. The molecule has 2 aromatic rings. The molecular weight excluding hydrogens is 380 g/mol. The fraction of sp³-hybridized carbons (Fsp3) is 0.350. The standard InChI is InChI=1S/C20H22N2O3S2/c1-3-25-19(24)16-14-9-4-5-10-15(14)27-18(16)22-20(26)21-17(23)13-8-6-7-12(2)11-13/h6-8,11H,3-5,9-10H2,1-2H3,(H2,21,22,23,26). The van der Waals surface area contributed by atoms with Gasteiger partial charge < -0.3 is 10.1 Å². The van der Waals surface area contributed by atoms with Crippen LogP contribution in [0.4, 0.5) is 5.00 Å². The number of hydrogen-bond donors (Lipinski definition) is 2. The molecule has 7 heteroatoms. The molecule has 5 nitrogen and oxygen atoms in total. The van der Waals surface area contributed by atoms with Gasteiger partial charge in [0.05, 0.1) is 12.2 Å². The number of aryl methyl sites for hydroxylation is 2. The molecule has 0 saturated carbocycles. The summed E-state index contributed by atoms with van der Waals surface area (Å²) in [5.74, 6) is -0.623. The first kappa shape index (κ1) is 19.5. The van der Waals surface area contributed by atoms with E-state index in [0.717, 1.165) is 36.8 Å². The van der Waals surface area contributed by atoms with Crippen molar-refractivity contribution >= 4 is 45.5 Å². The van der Waals surface area contributed by atoms with Crippen LogP contribution >= 0.6 is 23.6 Å². The van der Waals surface area contributed by atoms with Crippen LogP contribution in [0.15, 0.2) is 24.3 Å². The van der Waals surface area contributed by atoms with Crippen LogP contribution in [-0.4, -0.2) is 23.6 Å². The van der Waals surface area contributed by atoms with E-state index >= 15 is 0 Å². The van der Waals surface area contributed by atoms with Crippen molar-refractivity contribution in [2.75, 3.05) is 11.9 Å². The first-order valence-corrected chi connectivity index (χ1v) is 10.2. The number of thiocarbonyl (C=S) groups is 1. The Morgan fingerprint density at radius 2 is 2.04 bits per heavy atom. The topological polar surface area (TPSA) is 67.4 Å². The quantitative estimate of drug-likeness (QED) is 0.591. The summed E-state index contributed by atoms with van der Waals surface area (Å²) in [6.45, 7) is 4.03. The second-order valence-corrected chi connectivity index (χ2v) is 7.93. The van der Waals surface area contributed by atoms with Crippen molar-refractivity contribution in [2.24, 2.45) is 0 Å². The summed E-state index contributed by atoms with van der Waals surface area (Å²) >= 11 is 6.83. The molecule has 142 valence electrons. The van der Waals surface area contributed by atoms with Crippen LogP contribution in [0.5, 0.6) is 0 Å². The number of benzene rings is 1. The Labute approximate surface area is 168 Å². The van der Waals surface area contributed by atoms with Crippen molar-refractivity contribution in [3.63, 3.8) is 0 Å². The highest BCUT2D eigenvalue weighted by Crippen LogP contribution is 2.38. The van der Waals surface area contributed by atoms with Crippen LogP contribution in [0, 0.1) is 6.92 Å². The highest BCUT2D eigenvalue weighted by Gasteiger charge is 2.27. The van der Waals surface area contributed by atoms with Gasteiger partial charge in [-0.3, -0.25) is 10.1 Å². The van der Waals surface area contributed by atoms with Gasteiger partial charge in [-0.2, -0.15) is 0 Å². The van der Waals surface area contributed by atoms with Crippen LogP contribution in [0.25, 0.3) is 0 Å². The second kappa shape index (κ2) is 8.63. The number of ether oxygens (including phenoxy) is 1. The highest BCUT2D eigenvalue weighted by molar-refractivity contribution is 7.80. The molecule has 0 bridgehead atoms. The van der Waals surface area contributed by atoms with E-state index in [2.05, 4.69) is 10.6 Å². The number of esters is 1. The molecule has 1 aliphatic carbocycles. The van der Waals surface area contributed by atoms with E-state index in [0.29, 0.717) is 22.7 Å². The zero-order valence-electron chi connectivity index (χ0n) is 15.4. The normalized spacial score (nSPS) is 12.8. The van der Waals surface area contributed by atoms with Crippen molar-refractivity contribution in [1.29, 1.82) is 0 Å². The van der Waals surface area contributed by atoms with Crippen molar-refractivity contribution in [1.82, 2.24) is 5.32 Å². The molecule has 27 heavy (non-hydrogen) atoms. The van der Waals surface area contributed by atoms with Crippen LogP contribution in [0.3, 0.4) is 0 Å². The zero-order chi connectivity index (χ0) is 19.4. The van der Waals surface area contributed by atoms with Gasteiger partial charge >= 0.3 is 5.97 Å². The predicted molar refractivity (Wildman–Crippen MR) is 112 cm³/mol. The smallest absolute Gasteiger partial charge is 0.341 e. The summed E-state index contributed by atoms with van der Waals surface area (Å²) in [6, 6.07) is 7.28. The lowest BCUT2D eigenvalue weighted by molar-refractivity contribution is 0.0526. The van der Waals surface area contributed by atoms with E-state index in [1.807, 2.05) is 19.1 Å². The van der Waals surface area contributed by atoms with Crippen LogP contribution in [-0.2, 0) is 17.6 Å². The van der Waals surface area contributed by atoms with Crippen molar-refractivity contribution < 1.29 is 14.3 Å². The van der Waals surface area contributed by atoms with E-state index in [9.17, 15) is 9.59 Å². The van der Waals surface area contributed by atoms with Gasteiger partial charge in [0.15, 0.2) is 5.11 Å². The Bertz CT molecular complexity index is 889. The van der Waals surface area contributed by atoms with Crippen LogP contribution in [0.2, 0.25) is 0 Å². The molecule has 1 amide bonds. The molecular formula is C20H22N2O3S2. The summed E-state index contributed by atoms with van der Waals surface area (Å²) in [7, 11) is 0. The Morgan fingerprint density at radius 1 is 1.26 bits per heavy atom. The molecule has 0 aliphatic heterocycles. The maximum absolute atomic E-state index is 12.5. The minimum atomic E-state index is -0.341. The maximum Gasteiger partial charge on any atom is 0.341 e. The molecule has 0 unspecified atom stereocenters. The lowest BCUT2D eigenvalue weighted by atomic mass is 9.95. The Balaban J connectivity index is 1.78. The Morgan fingerprint density at radius 3 is 2.78 bits per heavy atom. The fourth-order valence-corrected chi connectivity index (χ4v) is 4.71. The molecule has 1 aromatic carbocycles. The highest BCUT2D eigenvalue weighted by atomic mass is 32.1. The lowest BCUT2D eigenvalue weighted by Crippen LogP contribution is -2.34. The van der Waals surface area contributed by atoms with Crippen molar-refractivity contribution in [3.8, 4) is 0 Å². The first-order chi connectivity index (χ1) is 13.0. The Hall–Kier alpha value is -2.25. The van der Waals surface area contributed by atoms with E-state index < -0.39 is 0 Å². The Kier molecular flexibility index (Phi) is 6.23. The third kappa shape index (κ3) is 4.54. The maximum atomic E-state index is 12.5. The minimum absolute atomic E-state index is 0.172. The van der Waals surface area contributed by atoms with Gasteiger partial charge in [-0.05, 0) is 69.4 Å². The second-order valence-electron chi connectivity index (χ2n) is 6.41. The minimum Gasteiger partial charge on any atom is -0.462 e. The SMILES string of the molecule is CCOC(=O)c1c(NC(=S)NC(=O)c2cccc(C)c2)sc2c1CCCC2. The van der Waals surface area contributed by atoms with Gasteiger partial charge in [-0.25, -0.2) is 4.79 Å². The van der Waals surface area contributed by atoms with Gasteiger partial charge in [0.1, 0.15) is 5.00 Å². The number of carbonyl (C=O) groups excluding carboxylic acids is 2. The molecule has 1 aromatic heterocycles. The van der Waals surface area contributed by atoms with Gasteiger partial charge in [0, 0.05) is 10.4 Å². The molecule has 0 fully saturated rings. The third-order valence-corrected chi connectivity index (χ3v) is 5.80. The largest absolute Gasteiger partial charge is 0.462 e. The average molecular weight is 403 g/mol. The number of anilines is 1. The first-order valence-electron chi connectivity index (χ1n) is 9.00. The summed E-state index contributed by atoms with van der Waals surface area (Å²) in [5, 5.41) is 6.55. The van der Waals surface area contributed by atoms with Crippen molar-refractivity contribution in [2.45, 2.75) is 39.5 Å². The summed E-state index contributed by atoms with van der Waals surface area (Å²) < 4.78 is 5.24. The van der Waals surface area contributed by atoms with E-state index in [1.165, 1.54) is 16.2 Å². The van der Waals surface area contributed by atoms with Crippen LogP contribution < -0.4 is 10.6 Å². The fourth-order valence-electron chi connectivity index (χ4n) is 3.17. The molecule has 1 aliphatic rings. The van der Waals surface area contributed by atoms with Crippen LogP contribution in [0.1, 0.15) is 56.5 Å². The number of rotatable bonds is 4. The molecule has 0 atom stereocenters. The molecule has 0 radical (unpaired) electrons. The van der Waals surface area contributed by atoms with E-state index in [4.69, 9.17) is 17.0 Å². The molecule has 1 heterocycles. The van der Waals surface area contributed by atoms with E-state index in [1.54, 1.807) is 19.1 Å². The summed E-state index contributed by atoms with van der Waals surface area (Å²) in [6.07, 6.45) is 3.99. The van der Waals surface area contributed by atoms with Crippen molar-refractivity contribution in [3.05, 3.63) is 51.4 Å². The monoisotopic (exact) mass is 402 g/mol. The number of amides is 1. The number of nitrogens with one attached hydrogen (secondary N) is 2. The molecule has 3 rings (SSSR count). The van der Waals surface area contributed by atoms with Gasteiger partial charge in [-0.15, -0.1) is 11.3 Å². The third-order valence-electron chi connectivity index (χ3n) is 4.39. The zero-order valence-corrected chi connectivity index (χ0v) is 17.0. The number of fused-ring (bicyclic) bond motifs is 1. The number of thiophene rings is 1. The summed E-state index contributed by atoms with van der Waals surface area (Å²) in [5.41, 5.74) is 3.15. The number of hydrogen-bond acceptors (Lipinski definition) is 5. The molecule has 2 N–H and O–H groups in total. The molecule has 0 spiro atoms. The average Bonchev–Trinajstić information content (AvgIpc) is 2.99.